The van der Waals surface area contributed by atoms with Crippen molar-refractivity contribution in [1.29, 1.82) is 5.26 Å². The van der Waals surface area contributed by atoms with Crippen LogP contribution >= 0.6 is 0 Å². The zero-order valence-corrected chi connectivity index (χ0v) is 13.2. The van der Waals surface area contributed by atoms with Crippen molar-refractivity contribution in [2.24, 2.45) is 0 Å². The topological polar surface area (TPSA) is 85.2 Å². The average molecular weight is 338 g/mol. The number of nitrogens with one attached hydrogen (secondary N) is 2. The van der Waals surface area contributed by atoms with Gasteiger partial charge in [0.05, 0.1) is 17.3 Å². The number of halogens is 1. The molecular formula is C18H15FN4O2. The molecule has 0 radical (unpaired) electrons. The lowest BCUT2D eigenvalue weighted by atomic mass is 10.2. The molecule has 1 heterocycles. The SMILES string of the molecule is N#Cc1ccc(NC(=O)N[C@H]2CCN(c3ccccc3F)C2=O)cc1. The van der Waals surface area contributed by atoms with Crippen LogP contribution in [0, 0.1) is 17.1 Å². The molecule has 0 unspecified atom stereocenters. The maximum atomic E-state index is 13.8. The molecule has 0 spiro atoms. The molecule has 1 fully saturated rings. The Balaban J connectivity index is 1.61. The van der Waals surface area contributed by atoms with Crippen LogP contribution in [0.2, 0.25) is 0 Å². The summed E-state index contributed by atoms with van der Waals surface area (Å²) in [6.07, 6.45) is 0.397. The predicted octanol–water partition coefficient (Wildman–Crippen LogP) is 2.62. The van der Waals surface area contributed by atoms with Crippen LogP contribution in [0.4, 0.5) is 20.6 Å². The highest BCUT2D eigenvalue weighted by molar-refractivity contribution is 6.02. The van der Waals surface area contributed by atoms with Crippen molar-refractivity contribution < 1.29 is 14.0 Å². The number of anilines is 2. The number of urea groups is 1. The quantitative estimate of drug-likeness (QED) is 0.902. The van der Waals surface area contributed by atoms with Gasteiger partial charge in [-0.3, -0.25) is 4.79 Å². The summed E-state index contributed by atoms with van der Waals surface area (Å²) in [5, 5.41) is 13.9. The van der Waals surface area contributed by atoms with Gasteiger partial charge in [0.1, 0.15) is 11.9 Å². The van der Waals surface area contributed by atoms with Crippen LogP contribution in [0.5, 0.6) is 0 Å². The number of para-hydroxylation sites is 1. The van der Waals surface area contributed by atoms with Gasteiger partial charge >= 0.3 is 6.03 Å². The van der Waals surface area contributed by atoms with Crippen LogP contribution in [0.15, 0.2) is 48.5 Å². The summed E-state index contributed by atoms with van der Waals surface area (Å²) in [5.41, 5.74) is 1.20. The standard InChI is InChI=1S/C18H15FN4O2/c19-14-3-1-2-4-16(14)23-10-9-15(17(23)24)22-18(25)21-13-7-5-12(11-20)6-8-13/h1-8,15H,9-10H2,(H2,21,22,25)/t15-/m0/s1. The molecule has 1 aliphatic rings. The zero-order chi connectivity index (χ0) is 17.8. The number of carbonyl (C=O) groups excluding carboxylic acids is 2. The second-order valence-corrected chi connectivity index (χ2v) is 5.57. The smallest absolute Gasteiger partial charge is 0.319 e. The Hall–Kier alpha value is -3.40. The molecule has 2 aromatic carbocycles. The van der Waals surface area contributed by atoms with Gasteiger partial charge in [0, 0.05) is 12.2 Å². The predicted molar refractivity (Wildman–Crippen MR) is 90.5 cm³/mol. The van der Waals surface area contributed by atoms with Gasteiger partial charge in [-0.25, -0.2) is 9.18 Å². The summed E-state index contributed by atoms with van der Waals surface area (Å²) < 4.78 is 13.8. The summed E-state index contributed by atoms with van der Waals surface area (Å²) in [6.45, 7) is 0.335. The molecule has 126 valence electrons. The molecule has 7 heteroatoms. The van der Waals surface area contributed by atoms with E-state index in [9.17, 15) is 14.0 Å². The van der Waals surface area contributed by atoms with Crippen LogP contribution < -0.4 is 15.5 Å². The minimum atomic E-state index is -0.710. The number of hydrogen-bond donors (Lipinski definition) is 2. The van der Waals surface area contributed by atoms with E-state index < -0.39 is 17.9 Å². The van der Waals surface area contributed by atoms with Crippen LogP contribution in [-0.4, -0.2) is 24.5 Å². The number of rotatable bonds is 3. The number of nitriles is 1. The van der Waals surface area contributed by atoms with Gasteiger partial charge in [0.2, 0.25) is 5.91 Å². The summed E-state index contributed by atoms with van der Waals surface area (Å²) in [7, 11) is 0. The normalized spacial score (nSPS) is 16.4. The fraction of sp³-hybridized carbons (Fsp3) is 0.167. The molecule has 2 aromatic rings. The summed E-state index contributed by atoms with van der Waals surface area (Å²) >= 11 is 0. The lowest BCUT2D eigenvalue weighted by Gasteiger charge is -2.18. The minimum absolute atomic E-state index is 0.212. The molecule has 0 saturated carbocycles. The first-order valence-corrected chi connectivity index (χ1v) is 7.72. The first-order valence-electron chi connectivity index (χ1n) is 7.72. The van der Waals surface area contributed by atoms with Crippen molar-refractivity contribution in [3.05, 3.63) is 59.9 Å². The highest BCUT2D eigenvalue weighted by atomic mass is 19.1. The summed E-state index contributed by atoms with van der Waals surface area (Å²) in [4.78, 5) is 25.8. The molecular weight excluding hydrogens is 323 g/mol. The van der Waals surface area contributed by atoms with Crippen LogP contribution in [0.25, 0.3) is 0 Å². The molecule has 1 atom stereocenters. The van der Waals surface area contributed by atoms with Gasteiger partial charge in [-0.05, 0) is 42.8 Å². The summed E-state index contributed by atoms with van der Waals surface area (Å²) in [5.74, 6) is -0.821. The molecule has 6 nitrogen and oxygen atoms in total. The third kappa shape index (κ3) is 3.58. The van der Waals surface area contributed by atoms with E-state index in [0.717, 1.165) is 0 Å². The van der Waals surface area contributed by atoms with E-state index in [1.54, 1.807) is 36.4 Å². The molecule has 2 N–H and O–H groups in total. The zero-order valence-electron chi connectivity index (χ0n) is 13.2. The average Bonchev–Trinajstić information content (AvgIpc) is 2.96. The largest absolute Gasteiger partial charge is 0.326 e. The van der Waals surface area contributed by atoms with E-state index in [-0.39, 0.29) is 11.6 Å². The van der Waals surface area contributed by atoms with Gasteiger partial charge in [-0.2, -0.15) is 5.26 Å². The number of nitrogens with zero attached hydrogens (tertiary/aromatic N) is 2. The van der Waals surface area contributed by atoms with E-state index >= 15 is 0 Å². The Morgan fingerprint density at radius 1 is 1.20 bits per heavy atom. The third-order valence-electron chi connectivity index (χ3n) is 3.93. The lowest BCUT2D eigenvalue weighted by molar-refractivity contribution is -0.118. The van der Waals surface area contributed by atoms with E-state index in [0.29, 0.717) is 24.2 Å². The van der Waals surface area contributed by atoms with Crippen molar-refractivity contribution in [3.63, 3.8) is 0 Å². The van der Waals surface area contributed by atoms with E-state index in [1.807, 2.05) is 6.07 Å². The van der Waals surface area contributed by atoms with Crippen LogP contribution in [0.3, 0.4) is 0 Å². The Morgan fingerprint density at radius 2 is 1.92 bits per heavy atom. The second-order valence-electron chi connectivity index (χ2n) is 5.57. The second kappa shape index (κ2) is 7.01. The van der Waals surface area contributed by atoms with Gasteiger partial charge in [-0.15, -0.1) is 0 Å². The lowest BCUT2D eigenvalue weighted by Crippen LogP contribution is -2.43. The Kier molecular flexibility index (Phi) is 4.61. The van der Waals surface area contributed by atoms with Crippen molar-refractivity contribution in [2.75, 3.05) is 16.8 Å². The monoisotopic (exact) mass is 338 g/mol. The maximum Gasteiger partial charge on any atom is 0.319 e. The molecule has 25 heavy (non-hydrogen) atoms. The number of hydrogen-bond acceptors (Lipinski definition) is 3. The number of amides is 3. The van der Waals surface area contributed by atoms with Gasteiger partial charge in [0.25, 0.3) is 0 Å². The molecule has 0 aliphatic carbocycles. The van der Waals surface area contributed by atoms with Gasteiger partial charge in [-0.1, -0.05) is 12.1 Å². The van der Waals surface area contributed by atoms with E-state index in [4.69, 9.17) is 5.26 Å². The van der Waals surface area contributed by atoms with Gasteiger partial charge < -0.3 is 15.5 Å². The fourth-order valence-electron chi connectivity index (χ4n) is 2.68. The Morgan fingerprint density at radius 3 is 2.60 bits per heavy atom. The Bertz CT molecular complexity index is 845. The van der Waals surface area contributed by atoms with Crippen molar-refractivity contribution in [3.8, 4) is 6.07 Å². The van der Waals surface area contributed by atoms with Crippen molar-refractivity contribution in [2.45, 2.75) is 12.5 Å². The molecule has 0 bridgehead atoms. The highest BCUT2D eigenvalue weighted by Gasteiger charge is 2.34. The molecule has 1 aliphatic heterocycles. The molecule has 3 amide bonds. The van der Waals surface area contributed by atoms with Gasteiger partial charge in [0.15, 0.2) is 0 Å². The van der Waals surface area contributed by atoms with Crippen LogP contribution in [0.1, 0.15) is 12.0 Å². The fourth-order valence-corrected chi connectivity index (χ4v) is 2.68. The number of benzene rings is 2. The van der Waals surface area contributed by atoms with E-state index in [2.05, 4.69) is 10.6 Å². The van der Waals surface area contributed by atoms with Crippen molar-refractivity contribution >= 4 is 23.3 Å². The third-order valence-corrected chi connectivity index (χ3v) is 3.93. The van der Waals surface area contributed by atoms with E-state index in [1.165, 1.54) is 17.0 Å². The molecule has 3 rings (SSSR count). The minimum Gasteiger partial charge on any atom is -0.326 e. The first-order chi connectivity index (χ1) is 12.1. The van der Waals surface area contributed by atoms with Crippen molar-refractivity contribution in [1.82, 2.24) is 5.32 Å². The maximum absolute atomic E-state index is 13.8. The molecule has 1 saturated heterocycles. The highest BCUT2D eigenvalue weighted by Crippen LogP contribution is 2.24. The Labute approximate surface area is 143 Å². The summed E-state index contributed by atoms with van der Waals surface area (Å²) in [6, 6.07) is 13.1. The van der Waals surface area contributed by atoms with Crippen LogP contribution in [-0.2, 0) is 4.79 Å². The first kappa shape index (κ1) is 16.5. The molecule has 0 aromatic heterocycles. The number of carbonyl (C=O) groups is 2.